The first-order valence-electron chi connectivity index (χ1n) is 9.55. The molecule has 2 atom stereocenters. The van der Waals surface area contributed by atoms with E-state index in [0.29, 0.717) is 44.2 Å². The second-order valence-corrected chi connectivity index (χ2v) is 7.28. The van der Waals surface area contributed by atoms with Crippen LogP contribution in [0, 0.1) is 0 Å². The first kappa shape index (κ1) is 19.2. The Morgan fingerprint density at radius 3 is 2.86 bits per heavy atom. The minimum absolute atomic E-state index is 0.0555. The fourth-order valence-corrected chi connectivity index (χ4v) is 3.92. The highest BCUT2D eigenvalue weighted by Gasteiger charge is 2.37. The number of piperazine rings is 1. The Kier molecular flexibility index (Phi) is 5.08. The van der Waals surface area contributed by atoms with Crippen LogP contribution in [0.2, 0.25) is 0 Å². The lowest BCUT2D eigenvalue weighted by atomic mass is 10.1. The van der Waals surface area contributed by atoms with Crippen LogP contribution in [0.25, 0.3) is 0 Å². The van der Waals surface area contributed by atoms with E-state index in [0.717, 1.165) is 5.69 Å². The molecule has 0 bridgehead atoms. The molecule has 156 valence electrons. The molecule has 4 rings (SSSR count). The van der Waals surface area contributed by atoms with Crippen LogP contribution in [0.4, 0.5) is 21.0 Å². The van der Waals surface area contributed by atoms with Gasteiger partial charge in [-0.05, 0) is 12.1 Å². The standard InChI is InChI=1S/C19H24N4O6/c1-12(24)20-8-15-10-23(19(26)29-15)13-3-4-16-17(7-13)28-11-14-9-21(18(25)27-2)5-6-22(14)16/h3-4,7,14-15H,5-6,8-11H2,1-2H3,(H,20,24)/t14?,15-/m0/s1. The van der Waals surface area contributed by atoms with E-state index in [4.69, 9.17) is 14.2 Å². The molecule has 0 spiro atoms. The van der Waals surface area contributed by atoms with Crippen molar-refractivity contribution in [3.63, 3.8) is 0 Å². The molecule has 3 heterocycles. The van der Waals surface area contributed by atoms with Crippen LogP contribution in [0.1, 0.15) is 6.92 Å². The first-order valence-corrected chi connectivity index (χ1v) is 9.55. The van der Waals surface area contributed by atoms with Gasteiger partial charge in [0.15, 0.2) is 0 Å². The molecule has 1 aromatic rings. The molecule has 10 heteroatoms. The Hall–Kier alpha value is -3.17. The highest BCUT2D eigenvalue weighted by molar-refractivity contribution is 5.90. The number of cyclic esters (lactones) is 1. The average Bonchev–Trinajstić information content (AvgIpc) is 3.11. The average molecular weight is 404 g/mol. The Morgan fingerprint density at radius 2 is 2.10 bits per heavy atom. The second kappa shape index (κ2) is 7.69. The number of methoxy groups -OCH3 is 1. The fraction of sp³-hybridized carbons (Fsp3) is 0.526. The third kappa shape index (κ3) is 3.74. The number of hydrogen-bond acceptors (Lipinski definition) is 7. The van der Waals surface area contributed by atoms with Crippen LogP contribution in [-0.2, 0) is 14.3 Å². The summed E-state index contributed by atoms with van der Waals surface area (Å²) >= 11 is 0. The van der Waals surface area contributed by atoms with E-state index in [1.165, 1.54) is 18.9 Å². The predicted molar refractivity (Wildman–Crippen MR) is 103 cm³/mol. The molecule has 0 radical (unpaired) electrons. The predicted octanol–water partition coefficient (Wildman–Crippen LogP) is 0.797. The van der Waals surface area contributed by atoms with Crippen molar-refractivity contribution in [2.24, 2.45) is 0 Å². The third-order valence-electron chi connectivity index (χ3n) is 5.36. The van der Waals surface area contributed by atoms with E-state index in [2.05, 4.69) is 10.2 Å². The number of ether oxygens (including phenoxy) is 3. The quantitative estimate of drug-likeness (QED) is 0.795. The number of hydrogen-bond donors (Lipinski definition) is 1. The number of benzene rings is 1. The monoisotopic (exact) mass is 404 g/mol. The van der Waals surface area contributed by atoms with Crippen molar-refractivity contribution in [2.45, 2.75) is 19.1 Å². The topological polar surface area (TPSA) is 101 Å². The lowest BCUT2D eigenvalue weighted by molar-refractivity contribution is -0.119. The Morgan fingerprint density at radius 1 is 1.28 bits per heavy atom. The maximum Gasteiger partial charge on any atom is 0.414 e. The van der Waals surface area contributed by atoms with Crippen molar-refractivity contribution in [2.75, 3.05) is 56.2 Å². The highest BCUT2D eigenvalue weighted by Crippen LogP contribution is 2.39. The van der Waals surface area contributed by atoms with Gasteiger partial charge >= 0.3 is 12.2 Å². The molecule has 3 amide bonds. The van der Waals surface area contributed by atoms with Crippen molar-refractivity contribution in [3.05, 3.63) is 18.2 Å². The molecule has 2 saturated heterocycles. The van der Waals surface area contributed by atoms with Crippen molar-refractivity contribution in [1.82, 2.24) is 10.2 Å². The van der Waals surface area contributed by atoms with Crippen LogP contribution in [0.5, 0.6) is 5.75 Å². The molecule has 0 aliphatic carbocycles. The zero-order valence-electron chi connectivity index (χ0n) is 16.4. The van der Waals surface area contributed by atoms with Crippen LogP contribution in [-0.4, -0.2) is 81.6 Å². The Balaban J connectivity index is 1.46. The summed E-state index contributed by atoms with van der Waals surface area (Å²) in [5.41, 5.74) is 1.63. The molecule has 3 aliphatic rings. The van der Waals surface area contributed by atoms with Crippen molar-refractivity contribution in [1.29, 1.82) is 0 Å². The number of rotatable bonds is 3. The van der Waals surface area contributed by atoms with Crippen molar-refractivity contribution >= 4 is 29.5 Å². The molecule has 1 unspecified atom stereocenters. The van der Waals surface area contributed by atoms with Gasteiger partial charge in [-0.2, -0.15) is 0 Å². The van der Waals surface area contributed by atoms with E-state index in [9.17, 15) is 14.4 Å². The number of anilines is 2. The Bertz CT molecular complexity index is 831. The minimum Gasteiger partial charge on any atom is -0.489 e. The number of nitrogens with zero attached hydrogens (tertiary/aromatic N) is 3. The summed E-state index contributed by atoms with van der Waals surface area (Å²) in [7, 11) is 1.38. The zero-order valence-corrected chi connectivity index (χ0v) is 16.4. The summed E-state index contributed by atoms with van der Waals surface area (Å²) in [5, 5.41) is 2.67. The second-order valence-electron chi connectivity index (χ2n) is 7.28. The van der Waals surface area contributed by atoms with E-state index in [1.807, 2.05) is 18.2 Å². The van der Waals surface area contributed by atoms with Gasteiger partial charge in [-0.25, -0.2) is 9.59 Å². The van der Waals surface area contributed by atoms with Gasteiger partial charge in [0.2, 0.25) is 5.91 Å². The van der Waals surface area contributed by atoms with Gasteiger partial charge in [-0.15, -0.1) is 0 Å². The SMILES string of the molecule is COC(=O)N1CCN2c3ccc(N4C[C@H](CNC(C)=O)OC4=O)cc3OCC2C1. The molecule has 3 aliphatic heterocycles. The fourth-order valence-electron chi connectivity index (χ4n) is 3.92. The van der Waals surface area contributed by atoms with Gasteiger partial charge in [0.25, 0.3) is 0 Å². The summed E-state index contributed by atoms with van der Waals surface area (Å²) in [4.78, 5) is 40.6. The van der Waals surface area contributed by atoms with Crippen molar-refractivity contribution in [3.8, 4) is 5.75 Å². The molecule has 29 heavy (non-hydrogen) atoms. The number of carbonyl (C=O) groups excluding carboxylic acids is 3. The van der Waals surface area contributed by atoms with Gasteiger partial charge < -0.3 is 29.3 Å². The summed E-state index contributed by atoms with van der Waals surface area (Å²) < 4.78 is 16.1. The van der Waals surface area contributed by atoms with Crippen LogP contribution in [0.15, 0.2) is 18.2 Å². The van der Waals surface area contributed by atoms with Gasteiger partial charge in [-0.1, -0.05) is 0 Å². The van der Waals surface area contributed by atoms with E-state index < -0.39 is 6.09 Å². The summed E-state index contributed by atoms with van der Waals surface area (Å²) in [5.74, 6) is 0.534. The normalized spacial score (nSPS) is 23.0. The van der Waals surface area contributed by atoms with E-state index in [1.54, 1.807) is 4.90 Å². The minimum atomic E-state index is -0.444. The van der Waals surface area contributed by atoms with Gasteiger partial charge in [0.05, 0.1) is 37.6 Å². The lowest BCUT2D eigenvalue weighted by Gasteiger charge is -2.45. The maximum atomic E-state index is 12.2. The van der Waals surface area contributed by atoms with Crippen LogP contribution >= 0.6 is 0 Å². The molecule has 1 aromatic carbocycles. The van der Waals surface area contributed by atoms with Gasteiger partial charge in [0, 0.05) is 32.6 Å². The number of amides is 3. The summed E-state index contributed by atoms with van der Waals surface area (Å²) in [6, 6.07) is 5.68. The molecule has 10 nitrogen and oxygen atoms in total. The van der Waals surface area contributed by atoms with E-state index >= 15 is 0 Å². The summed E-state index contributed by atoms with van der Waals surface area (Å²) in [6.07, 6.45) is -1.16. The molecule has 0 saturated carbocycles. The summed E-state index contributed by atoms with van der Waals surface area (Å²) in [6.45, 7) is 4.31. The molecule has 0 aromatic heterocycles. The van der Waals surface area contributed by atoms with Crippen LogP contribution < -0.4 is 19.9 Å². The smallest absolute Gasteiger partial charge is 0.414 e. The van der Waals surface area contributed by atoms with Gasteiger partial charge in [0.1, 0.15) is 18.5 Å². The maximum absolute atomic E-state index is 12.2. The number of carbonyl (C=O) groups is 3. The molecular weight excluding hydrogens is 380 g/mol. The molecule has 2 fully saturated rings. The molecular formula is C19H24N4O6. The van der Waals surface area contributed by atoms with Crippen molar-refractivity contribution < 1.29 is 28.6 Å². The largest absolute Gasteiger partial charge is 0.489 e. The number of nitrogens with one attached hydrogen (secondary N) is 1. The van der Waals surface area contributed by atoms with Crippen LogP contribution in [0.3, 0.4) is 0 Å². The zero-order chi connectivity index (χ0) is 20.5. The lowest BCUT2D eigenvalue weighted by Crippen LogP contribution is -2.58. The highest BCUT2D eigenvalue weighted by atomic mass is 16.6. The first-order chi connectivity index (χ1) is 14.0. The van der Waals surface area contributed by atoms with E-state index in [-0.39, 0.29) is 30.7 Å². The van der Waals surface area contributed by atoms with Gasteiger partial charge in [-0.3, -0.25) is 9.69 Å². The Labute approximate surface area is 168 Å². The molecule has 1 N–H and O–H groups in total. The number of fused-ring (bicyclic) bond motifs is 3. The third-order valence-corrected chi connectivity index (χ3v) is 5.36.